The van der Waals surface area contributed by atoms with Crippen LogP contribution < -0.4 is 0 Å². The van der Waals surface area contributed by atoms with Crippen LogP contribution in [-0.2, 0) is 11.3 Å². The number of nitrogens with zero attached hydrogens (tertiary/aromatic N) is 1. The number of alkyl halides is 1. The van der Waals surface area contributed by atoms with Crippen LogP contribution in [0, 0.1) is 0 Å². The van der Waals surface area contributed by atoms with Gasteiger partial charge in [0.2, 0.25) is 0 Å². The molecule has 106 valence electrons. The van der Waals surface area contributed by atoms with Gasteiger partial charge in [-0.1, -0.05) is 30.3 Å². The van der Waals surface area contributed by atoms with Gasteiger partial charge in [0.15, 0.2) is 0 Å². The van der Waals surface area contributed by atoms with Crippen LogP contribution in [0.3, 0.4) is 0 Å². The third kappa shape index (κ3) is 4.48. The van der Waals surface area contributed by atoms with Crippen molar-refractivity contribution in [3.8, 4) is 0 Å². The molecular weight excluding hydrogens is 258 g/mol. The third-order valence-electron chi connectivity index (χ3n) is 4.05. The lowest BCUT2D eigenvalue weighted by atomic mass is 9.91. The van der Waals surface area contributed by atoms with Crippen molar-refractivity contribution in [1.29, 1.82) is 0 Å². The molecule has 1 saturated carbocycles. The molecule has 0 radical (unpaired) electrons. The van der Waals surface area contributed by atoms with E-state index in [0.29, 0.717) is 18.0 Å². The maximum atomic E-state index is 5.98. The monoisotopic (exact) mass is 281 g/mol. The zero-order valence-corrected chi connectivity index (χ0v) is 12.5. The van der Waals surface area contributed by atoms with Crippen LogP contribution in [0.1, 0.15) is 31.2 Å². The Bertz CT molecular complexity index is 357. The summed E-state index contributed by atoms with van der Waals surface area (Å²) in [5.41, 5.74) is 1.37. The average Bonchev–Trinajstić information content (AvgIpc) is 2.48. The second-order valence-electron chi connectivity index (χ2n) is 5.32. The molecule has 0 amide bonds. The summed E-state index contributed by atoms with van der Waals surface area (Å²) in [6.45, 7) is 1.95. The molecule has 0 aliphatic heterocycles. The van der Waals surface area contributed by atoms with Crippen molar-refractivity contribution in [1.82, 2.24) is 4.90 Å². The summed E-state index contributed by atoms with van der Waals surface area (Å²) >= 11 is 5.98. The lowest BCUT2D eigenvalue weighted by Gasteiger charge is -2.37. The maximum Gasteiger partial charge on any atom is 0.0586 e. The van der Waals surface area contributed by atoms with Crippen molar-refractivity contribution in [2.45, 2.75) is 44.4 Å². The molecule has 1 aromatic rings. The van der Waals surface area contributed by atoms with Crippen molar-refractivity contribution in [2.75, 3.05) is 19.5 Å². The van der Waals surface area contributed by atoms with Gasteiger partial charge in [0.05, 0.1) is 6.10 Å². The van der Waals surface area contributed by atoms with Gasteiger partial charge in [-0.3, -0.25) is 4.90 Å². The zero-order valence-electron chi connectivity index (χ0n) is 11.7. The smallest absolute Gasteiger partial charge is 0.0586 e. The van der Waals surface area contributed by atoms with E-state index in [2.05, 4.69) is 35.2 Å². The van der Waals surface area contributed by atoms with Crippen LogP contribution in [0.2, 0.25) is 0 Å². The molecule has 0 bridgehead atoms. The number of rotatable bonds is 6. The summed E-state index contributed by atoms with van der Waals surface area (Å²) in [5, 5.41) is 0. The molecule has 2 nitrogen and oxygen atoms in total. The summed E-state index contributed by atoms with van der Waals surface area (Å²) in [6, 6.07) is 11.3. The van der Waals surface area contributed by atoms with Crippen molar-refractivity contribution >= 4 is 11.6 Å². The van der Waals surface area contributed by atoms with Gasteiger partial charge in [-0.25, -0.2) is 0 Å². The quantitative estimate of drug-likeness (QED) is 0.738. The fraction of sp³-hybridized carbons (Fsp3) is 0.625. The summed E-state index contributed by atoms with van der Waals surface area (Å²) in [7, 11) is 1.83. The standard InChI is InChI=1S/C16H24ClNO/c1-19-16-9-5-8-15(12-16)18(11-10-17)13-14-6-3-2-4-7-14/h2-4,6-7,15-16H,5,8-13H2,1H3. The fourth-order valence-corrected chi connectivity index (χ4v) is 3.20. The first-order chi connectivity index (χ1) is 9.33. The highest BCUT2D eigenvalue weighted by molar-refractivity contribution is 6.18. The van der Waals surface area contributed by atoms with E-state index < -0.39 is 0 Å². The first-order valence-corrected chi connectivity index (χ1v) is 7.73. The number of halogens is 1. The largest absolute Gasteiger partial charge is 0.381 e. The van der Waals surface area contributed by atoms with Crippen molar-refractivity contribution in [3.05, 3.63) is 35.9 Å². The Morgan fingerprint density at radius 2 is 2.05 bits per heavy atom. The van der Waals surface area contributed by atoms with Gasteiger partial charge in [-0.15, -0.1) is 11.6 Å². The molecule has 1 aromatic carbocycles. The lowest BCUT2D eigenvalue weighted by molar-refractivity contribution is 0.0272. The van der Waals surface area contributed by atoms with E-state index in [1.807, 2.05) is 7.11 Å². The molecule has 1 fully saturated rings. The number of ether oxygens (including phenoxy) is 1. The van der Waals surface area contributed by atoms with Crippen LogP contribution in [0.15, 0.2) is 30.3 Å². The predicted octanol–water partition coefficient (Wildman–Crippen LogP) is 3.69. The van der Waals surface area contributed by atoms with Crippen LogP contribution >= 0.6 is 11.6 Å². The second-order valence-corrected chi connectivity index (χ2v) is 5.70. The molecule has 0 spiro atoms. The molecule has 1 aliphatic carbocycles. The zero-order chi connectivity index (χ0) is 13.5. The van der Waals surface area contributed by atoms with Gasteiger partial charge in [0, 0.05) is 32.1 Å². The van der Waals surface area contributed by atoms with Crippen molar-refractivity contribution in [2.24, 2.45) is 0 Å². The molecule has 2 atom stereocenters. The highest BCUT2D eigenvalue weighted by atomic mass is 35.5. The summed E-state index contributed by atoms with van der Waals surface area (Å²) in [5.74, 6) is 0.695. The van der Waals surface area contributed by atoms with E-state index in [4.69, 9.17) is 16.3 Å². The number of hydrogen-bond acceptors (Lipinski definition) is 2. The van der Waals surface area contributed by atoms with Gasteiger partial charge in [-0.2, -0.15) is 0 Å². The number of benzene rings is 1. The Balaban J connectivity index is 1.98. The summed E-state index contributed by atoms with van der Waals surface area (Å²) < 4.78 is 5.54. The molecular formula is C16H24ClNO. The Hall–Kier alpha value is -0.570. The van der Waals surface area contributed by atoms with E-state index in [-0.39, 0.29) is 0 Å². The van der Waals surface area contributed by atoms with E-state index in [1.54, 1.807) is 0 Å². The number of methoxy groups -OCH3 is 1. The maximum absolute atomic E-state index is 5.98. The Labute approximate surface area is 121 Å². The third-order valence-corrected chi connectivity index (χ3v) is 4.22. The van der Waals surface area contributed by atoms with Gasteiger partial charge in [0.1, 0.15) is 0 Å². The van der Waals surface area contributed by atoms with Crippen LogP contribution in [0.5, 0.6) is 0 Å². The number of hydrogen-bond donors (Lipinski definition) is 0. The van der Waals surface area contributed by atoms with Crippen LogP contribution in [0.25, 0.3) is 0 Å². The molecule has 1 aliphatic rings. The molecule has 0 aromatic heterocycles. The molecule has 3 heteroatoms. The van der Waals surface area contributed by atoms with Gasteiger partial charge >= 0.3 is 0 Å². The Morgan fingerprint density at radius 3 is 2.74 bits per heavy atom. The molecule has 19 heavy (non-hydrogen) atoms. The first-order valence-electron chi connectivity index (χ1n) is 7.20. The highest BCUT2D eigenvalue weighted by Crippen LogP contribution is 2.26. The highest BCUT2D eigenvalue weighted by Gasteiger charge is 2.26. The molecule has 2 rings (SSSR count). The van der Waals surface area contributed by atoms with E-state index >= 15 is 0 Å². The minimum absolute atomic E-state index is 0.423. The topological polar surface area (TPSA) is 12.5 Å². The van der Waals surface area contributed by atoms with Crippen LogP contribution in [0.4, 0.5) is 0 Å². The van der Waals surface area contributed by atoms with Crippen molar-refractivity contribution < 1.29 is 4.74 Å². The van der Waals surface area contributed by atoms with E-state index in [9.17, 15) is 0 Å². The van der Waals surface area contributed by atoms with Gasteiger partial charge < -0.3 is 4.74 Å². The van der Waals surface area contributed by atoms with Crippen LogP contribution in [-0.4, -0.2) is 36.6 Å². The lowest BCUT2D eigenvalue weighted by Crippen LogP contribution is -2.41. The second kappa shape index (κ2) is 7.88. The SMILES string of the molecule is COC1CCCC(N(CCCl)Cc2ccccc2)C1. The normalized spacial score (nSPS) is 23.7. The van der Waals surface area contributed by atoms with E-state index in [0.717, 1.165) is 19.5 Å². The summed E-state index contributed by atoms with van der Waals surface area (Å²) in [4.78, 5) is 2.52. The van der Waals surface area contributed by atoms with Crippen molar-refractivity contribution in [3.63, 3.8) is 0 Å². The molecule has 0 N–H and O–H groups in total. The Morgan fingerprint density at radius 1 is 1.26 bits per heavy atom. The average molecular weight is 282 g/mol. The molecule has 0 saturated heterocycles. The van der Waals surface area contributed by atoms with E-state index in [1.165, 1.54) is 24.8 Å². The first kappa shape index (κ1) is 14.8. The summed E-state index contributed by atoms with van der Waals surface area (Å²) in [6.07, 6.45) is 5.29. The van der Waals surface area contributed by atoms with Gasteiger partial charge in [0.25, 0.3) is 0 Å². The predicted molar refractivity (Wildman–Crippen MR) is 80.6 cm³/mol. The molecule has 0 heterocycles. The fourth-order valence-electron chi connectivity index (χ4n) is 2.98. The molecule has 2 unspecified atom stereocenters. The minimum atomic E-state index is 0.423. The Kier molecular flexibility index (Phi) is 6.15. The minimum Gasteiger partial charge on any atom is -0.381 e. The van der Waals surface area contributed by atoms with Gasteiger partial charge in [-0.05, 0) is 31.2 Å².